The molecule has 1 atom stereocenters. The third kappa shape index (κ3) is 3.78. The topological polar surface area (TPSA) is 67.9 Å². The van der Waals surface area contributed by atoms with Crippen molar-refractivity contribution in [3.63, 3.8) is 0 Å². The van der Waals surface area contributed by atoms with E-state index in [2.05, 4.69) is 11.9 Å². The van der Waals surface area contributed by atoms with Crippen molar-refractivity contribution >= 4 is 11.8 Å². The van der Waals surface area contributed by atoms with Crippen molar-refractivity contribution in [1.82, 2.24) is 10.2 Å². The van der Waals surface area contributed by atoms with Gasteiger partial charge in [0.05, 0.1) is 19.7 Å². The summed E-state index contributed by atoms with van der Waals surface area (Å²) in [5.74, 6) is 1.02. The van der Waals surface area contributed by atoms with Gasteiger partial charge in [-0.3, -0.25) is 9.59 Å². The van der Waals surface area contributed by atoms with E-state index in [-0.39, 0.29) is 24.4 Å². The van der Waals surface area contributed by atoms with Crippen LogP contribution in [0, 0.1) is 0 Å². The molecule has 0 bridgehead atoms. The fraction of sp³-hybridized carbons (Fsp3) is 0.375. The summed E-state index contributed by atoms with van der Waals surface area (Å²) in [5.41, 5.74) is 1.02. The summed E-state index contributed by atoms with van der Waals surface area (Å²) in [4.78, 5) is 24.6. The average Bonchev–Trinajstić information content (AvgIpc) is 2.53. The molecule has 1 aromatic carbocycles. The van der Waals surface area contributed by atoms with Crippen LogP contribution in [0.2, 0.25) is 0 Å². The number of carbonyl (C=O) groups is 2. The first-order valence-electron chi connectivity index (χ1n) is 7.00. The van der Waals surface area contributed by atoms with Crippen LogP contribution in [0.3, 0.4) is 0 Å². The van der Waals surface area contributed by atoms with Gasteiger partial charge in [0.15, 0.2) is 0 Å². The Bertz CT molecular complexity index is 586. The van der Waals surface area contributed by atoms with Gasteiger partial charge in [0, 0.05) is 13.1 Å². The molecule has 0 saturated heterocycles. The number of benzene rings is 1. The van der Waals surface area contributed by atoms with E-state index in [1.807, 2.05) is 18.2 Å². The molecule has 22 heavy (non-hydrogen) atoms. The Labute approximate surface area is 129 Å². The second-order valence-electron chi connectivity index (χ2n) is 5.15. The Balaban J connectivity index is 1.91. The average molecular weight is 304 g/mol. The zero-order chi connectivity index (χ0) is 16.1. The highest BCUT2D eigenvalue weighted by Gasteiger charge is 2.22. The molecule has 1 aliphatic rings. The van der Waals surface area contributed by atoms with Crippen LogP contribution >= 0.6 is 0 Å². The molecule has 0 spiro atoms. The van der Waals surface area contributed by atoms with E-state index < -0.39 is 0 Å². The lowest BCUT2D eigenvalue weighted by Gasteiger charge is -2.27. The standard InChI is InChI=1S/C16H20N2O4/c1-4-16(20)18(2)9-15(19)17-12-7-11-5-6-13(21-3)8-14(11)22-10-12/h4-6,8,12H,1,7,9-10H2,2-3H3,(H,17,19). The maximum Gasteiger partial charge on any atom is 0.246 e. The van der Waals surface area contributed by atoms with Crippen LogP contribution in [0.4, 0.5) is 0 Å². The molecular weight excluding hydrogens is 284 g/mol. The number of ether oxygens (including phenoxy) is 2. The Kier molecular flexibility index (Phi) is 5.04. The van der Waals surface area contributed by atoms with Gasteiger partial charge in [-0.15, -0.1) is 0 Å². The number of methoxy groups -OCH3 is 1. The van der Waals surface area contributed by atoms with E-state index in [0.29, 0.717) is 13.0 Å². The zero-order valence-electron chi connectivity index (χ0n) is 12.8. The van der Waals surface area contributed by atoms with Crippen molar-refractivity contribution in [2.75, 3.05) is 27.3 Å². The van der Waals surface area contributed by atoms with Crippen LogP contribution in [0.1, 0.15) is 5.56 Å². The zero-order valence-corrected chi connectivity index (χ0v) is 12.8. The van der Waals surface area contributed by atoms with Crippen LogP contribution in [0.15, 0.2) is 30.9 Å². The van der Waals surface area contributed by atoms with Crippen LogP contribution in [0.5, 0.6) is 11.5 Å². The molecule has 0 aliphatic carbocycles. The lowest BCUT2D eigenvalue weighted by molar-refractivity contribution is -0.131. The molecule has 1 N–H and O–H groups in total. The van der Waals surface area contributed by atoms with Gasteiger partial charge < -0.3 is 19.7 Å². The van der Waals surface area contributed by atoms with E-state index >= 15 is 0 Å². The normalized spacial score (nSPS) is 16.0. The Morgan fingerprint density at radius 1 is 1.55 bits per heavy atom. The van der Waals surface area contributed by atoms with Gasteiger partial charge in [-0.25, -0.2) is 0 Å². The SMILES string of the molecule is C=CC(=O)N(C)CC(=O)NC1COc2cc(OC)ccc2C1. The molecule has 2 amide bonds. The third-order valence-electron chi connectivity index (χ3n) is 3.48. The maximum absolute atomic E-state index is 11.9. The van der Waals surface area contributed by atoms with Crippen LogP contribution in [0.25, 0.3) is 0 Å². The molecule has 2 rings (SSSR count). The van der Waals surface area contributed by atoms with E-state index in [1.54, 1.807) is 14.2 Å². The lowest BCUT2D eigenvalue weighted by atomic mass is 10.0. The molecular formula is C16H20N2O4. The van der Waals surface area contributed by atoms with E-state index in [9.17, 15) is 9.59 Å². The molecule has 118 valence electrons. The fourth-order valence-electron chi connectivity index (χ4n) is 2.29. The number of amides is 2. The van der Waals surface area contributed by atoms with Gasteiger partial charge in [0.25, 0.3) is 0 Å². The van der Waals surface area contributed by atoms with Gasteiger partial charge in [0.2, 0.25) is 11.8 Å². The number of likely N-dealkylation sites (N-methyl/N-ethyl adjacent to an activating group) is 1. The summed E-state index contributed by atoms with van der Waals surface area (Å²) >= 11 is 0. The summed E-state index contributed by atoms with van der Waals surface area (Å²) in [6.45, 7) is 3.78. The second kappa shape index (κ2) is 6.98. The monoisotopic (exact) mass is 304 g/mol. The van der Waals surface area contributed by atoms with Gasteiger partial charge >= 0.3 is 0 Å². The molecule has 0 aromatic heterocycles. The Morgan fingerprint density at radius 2 is 2.32 bits per heavy atom. The number of hydrogen-bond acceptors (Lipinski definition) is 4. The first-order valence-corrected chi connectivity index (χ1v) is 7.00. The van der Waals surface area contributed by atoms with Gasteiger partial charge in [-0.2, -0.15) is 0 Å². The van der Waals surface area contributed by atoms with Gasteiger partial charge in [-0.05, 0) is 24.1 Å². The van der Waals surface area contributed by atoms with Crippen molar-refractivity contribution in [3.05, 3.63) is 36.4 Å². The molecule has 6 heteroatoms. The number of fused-ring (bicyclic) bond motifs is 1. The Hall–Kier alpha value is -2.50. The quantitative estimate of drug-likeness (QED) is 0.816. The summed E-state index contributed by atoms with van der Waals surface area (Å²) in [6.07, 6.45) is 1.87. The van der Waals surface area contributed by atoms with Crippen molar-refractivity contribution < 1.29 is 19.1 Å². The van der Waals surface area contributed by atoms with Crippen LogP contribution in [-0.2, 0) is 16.0 Å². The number of carbonyl (C=O) groups excluding carboxylic acids is 2. The predicted octanol–water partition coefficient (Wildman–Crippen LogP) is 0.759. The number of nitrogens with one attached hydrogen (secondary N) is 1. The molecule has 0 radical (unpaired) electrons. The summed E-state index contributed by atoms with van der Waals surface area (Å²) in [7, 11) is 3.16. The summed E-state index contributed by atoms with van der Waals surface area (Å²) in [5, 5.41) is 2.87. The minimum Gasteiger partial charge on any atom is -0.497 e. The van der Waals surface area contributed by atoms with Crippen molar-refractivity contribution in [1.29, 1.82) is 0 Å². The predicted molar refractivity (Wildman–Crippen MR) is 82.0 cm³/mol. The first-order chi connectivity index (χ1) is 10.5. The first kappa shape index (κ1) is 15.9. The van der Waals surface area contributed by atoms with Crippen molar-refractivity contribution in [2.45, 2.75) is 12.5 Å². The van der Waals surface area contributed by atoms with Gasteiger partial charge in [-0.1, -0.05) is 12.6 Å². The number of rotatable bonds is 5. The lowest BCUT2D eigenvalue weighted by Crippen LogP contribution is -2.46. The summed E-state index contributed by atoms with van der Waals surface area (Å²) < 4.78 is 10.8. The molecule has 1 unspecified atom stereocenters. The van der Waals surface area contributed by atoms with Crippen LogP contribution in [-0.4, -0.2) is 50.1 Å². The smallest absolute Gasteiger partial charge is 0.246 e. The largest absolute Gasteiger partial charge is 0.497 e. The Morgan fingerprint density at radius 3 is 3.00 bits per heavy atom. The molecule has 0 fully saturated rings. The number of hydrogen-bond donors (Lipinski definition) is 1. The van der Waals surface area contributed by atoms with E-state index in [1.165, 1.54) is 11.0 Å². The highest BCUT2D eigenvalue weighted by molar-refractivity contribution is 5.90. The van der Waals surface area contributed by atoms with Gasteiger partial charge in [0.1, 0.15) is 18.1 Å². The minimum atomic E-state index is -0.285. The van der Waals surface area contributed by atoms with Crippen LogP contribution < -0.4 is 14.8 Å². The van der Waals surface area contributed by atoms with E-state index in [0.717, 1.165) is 17.1 Å². The molecule has 6 nitrogen and oxygen atoms in total. The summed E-state index contributed by atoms with van der Waals surface area (Å²) in [6, 6.07) is 5.52. The molecule has 1 heterocycles. The molecule has 1 aliphatic heterocycles. The fourth-order valence-corrected chi connectivity index (χ4v) is 2.29. The second-order valence-corrected chi connectivity index (χ2v) is 5.15. The highest BCUT2D eigenvalue weighted by Crippen LogP contribution is 2.28. The third-order valence-corrected chi connectivity index (χ3v) is 3.48. The molecule has 0 saturated carbocycles. The molecule has 1 aromatic rings. The highest BCUT2D eigenvalue weighted by atomic mass is 16.5. The van der Waals surface area contributed by atoms with Crippen molar-refractivity contribution in [3.8, 4) is 11.5 Å². The van der Waals surface area contributed by atoms with E-state index in [4.69, 9.17) is 9.47 Å². The van der Waals surface area contributed by atoms with Crippen molar-refractivity contribution in [2.24, 2.45) is 0 Å². The number of nitrogens with zero attached hydrogens (tertiary/aromatic N) is 1. The minimum absolute atomic E-state index is 0.00315. The maximum atomic E-state index is 11.9.